The lowest BCUT2D eigenvalue weighted by atomic mass is 10.0. The summed E-state index contributed by atoms with van der Waals surface area (Å²) in [5.41, 5.74) is 6.74. The second-order valence-electron chi connectivity index (χ2n) is 4.76. The van der Waals surface area contributed by atoms with Crippen LogP contribution in [0.25, 0.3) is 11.1 Å². The van der Waals surface area contributed by atoms with Crippen LogP contribution in [0.15, 0.2) is 67.0 Å². The molecule has 0 amide bonds. The summed E-state index contributed by atoms with van der Waals surface area (Å²) in [5, 5.41) is 7.00. The number of hydrogen-bond donors (Lipinski definition) is 2. The molecule has 3 nitrogen and oxygen atoms in total. The Morgan fingerprint density at radius 2 is 1.35 bits per heavy atom. The number of pyridine rings is 1. The molecule has 2 N–H and O–H groups in total. The average molecular weight is 259 g/mol. The van der Waals surface area contributed by atoms with E-state index in [9.17, 15) is 0 Å². The van der Waals surface area contributed by atoms with Crippen LogP contribution in [0.4, 0.5) is 22.7 Å². The fourth-order valence-corrected chi connectivity index (χ4v) is 2.54. The molecule has 96 valence electrons. The standard InChI is InChI=1S/C17H13N3/c1-2-6-15-14(5-1)19-16-7-3-4-13(17(16)20-15)12-8-10-18-11-9-12/h1-11,19-20H. The van der Waals surface area contributed by atoms with Gasteiger partial charge in [0.2, 0.25) is 0 Å². The molecule has 0 aliphatic carbocycles. The van der Waals surface area contributed by atoms with Gasteiger partial charge in [0.05, 0.1) is 22.7 Å². The number of nitrogens with zero attached hydrogens (tertiary/aromatic N) is 1. The molecule has 4 rings (SSSR count). The maximum Gasteiger partial charge on any atom is 0.0703 e. The number of aromatic nitrogens is 1. The Hall–Kier alpha value is -2.81. The van der Waals surface area contributed by atoms with Crippen LogP contribution in [0, 0.1) is 0 Å². The summed E-state index contributed by atoms with van der Waals surface area (Å²) in [7, 11) is 0. The summed E-state index contributed by atoms with van der Waals surface area (Å²) in [5.74, 6) is 0. The van der Waals surface area contributed by atoms with Crippen molar-refractivity contribution in [2.75, 3.05) is 10.6 Å². The zero-order chi connectivity index (χ0) is 13.4. The van der Waals surface area contributed by atoms with Gasteiger partial charge >= 0.3 is 0 Å². The SMILES string of the molecule is c1ccc2c(c1)Nc1cccc(-c3ccncc3)c1N2. The predicted molar refractivity (Wildman–Crippen MR) is 82.7 cm³/mol. The Morgan fingerprint density at radius 3 is 2.15 bits per heavy atom. The molecule has 0 radical (unpaired) electrons. The highest BCUT2D eigenvalue weighted by Gasteiger charge is 2.17. The monoisotopic (exact) mass is 259 g/mol. The van der Waals surface area contributed by atoms with E-state index in [0.29, 0.717) is 0 Å². The molecule has 0 bridgehead atoms. The zero-order valence-electron chi connectivity index (χ0n) is 10.8. The largest absolute Gasteiger partial charge is 0.352 e. The molecular weight excluding hydrogens is 246 g/mol. The summed E-state index contributed by atoms with van der Waals surface area (Å²) in [6.45, 7) is 0. The first-order valence-electron chi connectivity index (χ1n) is 6.58. The number of anilines is 4. The summed E-state index contributed by atoms with van der Waals surface area (Å²) in [6.07, 6.45) is 3.64. The third kappa shape index (κ3) is 1.72. The van der Waals surface area contributed by atoms with Gasteiger partial charge in [0, 0.05) is 18.0 Å². The Balaban J connectivity index is 1.87. The first kappa shape index (κ1) is 11.1. The molecule has 2 heterocycles. The van der Waals surface area contributed by atoms with Crippen molar-refractivity contribution in [3.63, 3.8) is 0 Å². The molecule has 0 unspecified atom stereocenters. The van der Waals surface area contributed by atoms with Crippen LogP contribution in [-0.2, 0) is 0 Å². The molecule has 20 heavy (non-hydrogen) atoms. The van der Waals surface area contributed by atoms with Gasteiger partial charge in [0.25, 0.3) is 0 Å². The van der Waals surface area contributed by atoms with E-state index in [1.54, 1.807) is 0 Å². The molecule has 1 aliphatic heterocycles. The van der Waals surface area contributed by atoms with Gasteiger partial charge in [-0.15, -0.1) is 0 Å². The minimum absolute atomic E-state index is 1.10. The molecule has 0 spiro atoms. The second kappa shape index (κ2) is 4.38. The number of rotatable bonds is 1. The highest BCUT2D eigenvalue weighted by atomic mass is 15.0. The van der Waals surface area contributed by atoms with Gasteiger partial charge in [-0.1, -0.05) is 24.3 Å². The molecule has 3 aromatic rings. The fraction of sp³-hybridized carbons (Fsp3) is 0. The normalized spacial score (nSPS) is 11.8. The lowest BCUT2D eigenvalue weighted by Crippen LogP contribution is -2.07. The molecule has 0 fully saturated rings. The zero-order valence-corrected chi connectivity index (χ0v) is 10.8. The van der Waals surface area contributed by atoms with Gasteiger partial charge in [-0.2, -0.15) is 0 Å². The van der Waals surface area contributed by atoms with Crippen LogP contribution < -0.4 is 10.6 Å². The van der Waals surface area contributed by atoms with Gasteiger partial charge in [-0.3, -0.25) is 4.98 Å². The fourth-order valence-electron chi connectivity index (χ4n) is 2.54. The highest BCUT2D eigenvalue weighted by Crippen LogP contribution is 2.43. The van der Waals surface area contributed by atoms with Crippen molar-refractivity contribution in [1.29, 1.82) is 0 Å². The Bertz CT molecular complexity index is 766. The van der Waals surface area contributed by atoms with E-state index in [-0.39, 0.29) is 0 Å². The van der Waals surface area contributed by atoms with Crippen LogP contribution in [0.5, 0.6) is 0 Å². The minimum Gasteiger partial charge on any atom is -0.352 e. The quantitative estimate of drug-likeness (QED) is 0.526. The van der Waals surface area contributed by atoms with E-state index in [0.717, 1.165) is 28.3 Å². The number of hydrogen-bond acceptors (Lipinski definition) is 3. The number of benzene rings is 2. The average Bonchev–Trinajstić information content (AvgIpc) is 2.53. The lowest BCUT2D eigenvalue weighted by Gasteiger charge is -2.25. The van der Waals surface area contributed by atoms with Gasteiger partial charge in [-0.25, -0.2) is 0 Å². The van der Waals surface area contributed by atoms with Crippen LogP contribution in [0.3, 0.4) is 0 Å². The Morgan fingerprint density at radius 1 is 0.650 bits per heavy atom. The topological polar surface area (TPSA) is 37.0 Å². The van der Waals surface area contributed by atoms with Crippen LogP contribution in [-0.4, -0.2) is 4.98 Å². The first-order chi connectivity index (χ1) is 9.92. The maximum atomic E-state index is 4.08. The van der Waals surface area contributed by atoms with E-state index in [1.165, 1.54) is 5.56 Å². The molecule has 1 aromatic heterocycles. The Labute approximate surface area is 117 Å². The molecule has 0 saturated carbocycles. The van der Waals surface area contributed by atoms with E-state index in [1.807, 2.05) is 36.7 Å². The van der Waals surface area contributed by atoms with Gasteiger partial charge < -0.3 is 10.6 Å². The smallest absolute Gasteiger partial charge is 0.0703 e. The van der Waals surface area contributed by atoms with E-state index in [2.05, 4.69) is 45.9 Å². The predicted octanol–water partition coefficient (Wildman–Crippen LogP) is 4.55. The van der Waals surface area contributed by atoms with E-state index < -0.39 is 0 Å². The van der Waals surface area contributed by atoms with Crippen molar-refractivity contribution < 1.29 is 0 Å². The summed E-state index contributed by atoms with van der Waals surface area (Å²) < 4.78 is 0. The molecule has 2 aromatic carbocycles. The van der Waals surface area contributed by atoms with Crippen molar-refractivity contribution in [2.24, 2.45) is 0 Å². The lowest BCUT2D eigenvalue weighted by molar-refractivity contribution is 1.33. The van der Waals surface area contributed by atoms with Gasteiger partial charge in [0.1, 0.15) is 0 Å². The van der Waals surface area contributed by atoms with Crippen LogP contribution in [0.2, 0.25) is 0 Å². The molecule has 3 heteroatoms. The van der Waals surface area contributed by atoms with E-state index >= 15 is 0 Å². The summed E-state index contributed by atoms with van der Waals surface area (Å²) in [6, 6.07) is 18.5. The van der Waals surface area contributed by atoms with E-state index in [4.69, 9.17) is 0 Å². The van der Waals surface area contributed by atoms with Crippen molar-refractivity contribution in [2.45, 2.75) is 0 Å². The molecular formula is C17H13N3. The molecule has 0 atom stereocenters. The maximum absolute atomic E-state index is 4.08. The van der Waals surface area contributed by atoms with Crippen molar-refractivity contribution in [3.05, 3.63) is 67.0 Å². The highest BCUT2D eigenvalue weighted by molar-refractivity contribution is 5.97. The number of nitrogens with one attached hydrogen (secondary N) is 2. The second-order valence-corrected chi connectivity index (χ2v) is 4.76. The van der Waals surface area contributed by atoms with Crippen LogP contribution in [0.1, 0.15) is 0 Å². The molecule has 0 saturated heterocycles. The van der Waals surface area contributed by atoms with Crippen molar-refractivity contribution in [3.8, 4) is 11.1 Å². The van der Waals surface area contributed by atoms with Gasteiger partial charge in [-0.05, 0) is 35.9 Å². The van der Waals surface area contributed by atoms with Crippen LogP contribution >= 0.6 is 0 Å². The third-order valence-electron chi connectivity index (χ3n) is 3.51. The van der Waals surface area contributed by atoms with Gasteiger partial charge in [0.15, 0.2) is 0 Å². The molecule has 1 aliphatic rings. The minimum atomic E-state index is 1.10. The Kier molecular flexibility index (Phi) is 2.42. The number of para-hydroxylation sites is 3. The summed E-state index contributed by atoms with van der Waals surface area (Å²) >= 11 is 0. The third-order valence-corrected chi connectivity index (χ3v) is 3.51. The first-order valence-corrected chi connectivity index (χ1v) is 6.58. The number of fused-ring (bicyclic) bond motifs is 2. The van der Waals surface area contributed by atoms with Crippen molar-refractivity contribution in [1.82, 2.24) is 4.98 Å². The van der Waals surface area contributed by atoms with Crippen molar-refractivity contribution >= 4 is 22.7 Å². The summed E-state index contributed by atoms with van der Waals surface area (Å²) in [4.78, 5) is 4.08.